The molecular formula is C10H7NOS2. The molecule has 0 N–H and O–H groups in total. The first-order chi connectivity index (χ1) is 6.88. The van der Waals surface area contributed by atoms with Gasteiger partial charge in [0.15, 0.2) is 4.34 Å². The topological polar surface area (TPSA) is 30.0 Å². The number of carbonyl (C=O) groups excluding carboxylic acids is 1. The van der Waals surface area contributed by atoms with Crippen LogP contribution in [0.1, 0.15) is 10.4 Å². The molecule has 0 saturated carbocycles. The Bertz CT molecular complexity index is 408. The summed E-state index contributed by atoms with van der Waals surface area (Å²) in [6.45, 7) is 0. The first-order valence-corrected chi connectivity index (χ1v) is 5.71. The average Bonchev–Trinajstić information content (AvgIpc) is 2.72. The molecular weight excluding hydrogens is 214 g/mol. The van der Waals surface area contributed by atoms with Crippen LogP contribution >= 0.6 is 23.1 Å². The van der Waals surface area contributed by atoms with Crippen LogP contribution < -0.4 is 0 Å². The predicted molar refractivity (Wildman–Crippen MR) is 58.1 cm³/mol. The van der Waals surface area contributed by atoms with Crippen molar-refractivity contribution in [2.45, 2.75) is 9.24 Å². The average molecular weight is 221 g/mol. The van der Waals surface area contributed by atoms with Gasteiger partial charge in [0.05, 0.1) is 0 Å². The molecule has 1 heterocycles. The number of thiazole rings is 1. The molecule has 0 saturated heterocycles. The van der Waals surface area contributed by atoms with Gasteiger partial charge in [-0.2, -0.15) is 0 Å². The number of carbonyl (C=O) groups is 1. The summed E-state index contributed by atoms with van der Waals surface area (Å²) >= 11 is 3.21. The van der Waals surface area contributed by atoms with Crippen molar-refractivity contribution in [3.05, 3.63) is 41.4 Å². The van der Waals surface area contributed by atoms with Gasteiger partial charge in [0.1, 0.15) is 6.29 Å². The molecule has 1 aromatic carbocycles. The summed E-state index contributed by atoms with van der Waals surface area (Å²) in [5.41, 5.74) is 0.702. The van der Waals surface area contributed by atoms with Crippen molar-refractivity contribution in [2.75, 3.05) is 0 Å². The third kappa shape index (κ3) is 2.21. The van der Waals surface area contributed by atoms with E-state index < -0.39 is 0 Å². The molecule has 14 heavy (non-hydrogen) atoms. The number of aromatic nitrogens is 1. The van der Waals surface area contributed by atoms with Crippen LogP contribution in [0.25, 0.3) is 0 Å². The van der Waals surface area contributed by atoms with Crippen LogP contribution in [0, 0.1) is 0 Å². The summed E-state index contributed by atoms with van der Waals surface area (Å²) in [6.07, 6.45) is 2.63. The van der Waals surface area contributed by atoms with Crippen LogP contribution in [0.15, 0.2) is 45.1 Å². The fourth-order valence-corrected chi connectivity index (χ4v) is 2.57. The molecule has 0 aliphatic heterocycles. The summed E-state index contributed by atoms with van der Waals surface area (Å²) in [6, 6.07) is 7.47. The predicted octanol–water partition coefficient (Wildman–Crippen LogP) is 3.11. The largest absolute Gasteiger partial charge is 0.298 e. The summed E-state index contributed by atoms with van der Waals surface area (Å²) in [7, 11) is 0. The third-order valence-electron chi connectivity index (χ3n) is 1.63. The van der Waals surface area contributed by atoms with Gasteiger partial charge in [0, 0.05) is 22.0 Å². The van der Waals surface area contributed by atoms with Gasteiger partial charge in [-0.25, -0.2) is 4.98 Å². The maximum Gasteiger partial charge on any atom is 0.154 e. The lowest BCUT2D eigenvalue weighted by Crippen LogP contribution is -1.78. The quantitative estimate of drug-likeness (QED) is 0.746. The van der Waals surface area contributed by atoms with Crippen LogP contribution in [-0.2, 0) is 0 Å². The summed E-state index contributed by atoms with van der Waals surface area (Å²) in [5.74, 6) is 0. The second-order valence-electron chi connectivity index (χ2n) is 2.59. The maximum atomic E-state index is 10.4. The zero-order chi connectivity index (χ0) is 9.80. The molecule has 0 aliphatic rings. The number of hydrogen-bond donors (Lipinski definition) is 0. The molecule has 0 aliphatic carbocycles. The van der Waals surface area contributed by atoms with E-state index in [4.69, 9.17) is 0 Å². The molecule has 4 heteroatoms. The molecule has 2 rings (SSSR count). The minimum atomic E-state index is 0.702. The zero-order valence-corrected chi connectivity index (χ0v) is 8.85. The van der Waals surface area contributed by atoms with E-state index in [1.54, 1.807) is 29.3 Å². The maximum absolute atomic E-state index is 10.4. The van der Waals surface area contributed by atoms with E-state index in [1.165, 1.54) is 0 Å². The Kier molecular flexibility index (Phi) is 2.96. The lowest BCUT2D eigenvalue weighted by atomic mass is 10.2. The molecule has 2 aromatic rings. The molecule has 2 nitrogen and oxygen atoms in total. The fourth-order valence-electron chi connectivity index (χ4n) is 0.976. The van der Waals surface area contributed by atoms with E-state index in [0.29, 0.717) is 5.56 Å². The number of rotatable bonds is 3. The molecule has 0 radical (unpaired) electrons. The zero-order valence-electron chi connectivity index (χ0n) is 7.21. The molecule has 0 fully saturated rings. The SMILES string of the molecule is O=Cc1ccc(Sc2nccs2)cc1. The van der Waals surface area contributed by atoms with Crippen LogP contribution in [0.2, 0.25) is 0 Å². The lowest BCUT2D eigenvalue weighted by molar-refractivity contribution is 0.112. The van der Waals surface area contributed by atoms with Crippen molar-refractivity contribution in [1.82, 2.24) is 4.98 Å². The Morgan fingerprint density at radius 1 is 1.29 bits per heavy atom. The van der Waals surface area contributed by atoms with Gasteiger partial charge < -0.3 is 0 Å². The van der Waals surface area contributed by atoms with Crippen LogP contribution in [0.4, 0.5) is 0 Å². The normalized spacial score (nSPS) is 10.0. The fraction of sp³-hybridized carbons (Fsp3) is 0. The second kappa shape index (κ2) is 4.39. The minimum Gasteiger partial charge on any atom is -0.298 e. The monoisotopic (exact) mass is 221 g/mol. The first-order valence-electron chi connectivity index (χ1n) is 4.01. The Balaban J connectivity index is 2.14. The molecule has 1 aromatic heterocycles. The standard InChI is InChI=1S/C10H7NOS2/c12-7-8-1-3-9(4-2-8)14-10-11-5-6-13-10/h1-7H. The summed E-state index contributed by atoms with van der Waals surface area (Å²) < 4.78 is 1.02. The molecule has 0 spiro atoms. The van der Waals surface area contributed by atoms with Gasteiger partial charge in [-0.1, -0.05) is 23.9 Å². The first kappa shape index (κ1) is 9.43. The molecule has 0 amide bonds. The van der Waals surface area contributed by atoms with E-state index in [2.05, 4.69) is 4.98 Å². The van der Waals surface area contributed by atoms with Crippen LogP contribution in [0.3, 0.4) is 0 Å². The number of hydrogen-bond acceptors (Lipinski definition) is 4. The van der Waals surface area contributed by atoms with Crippen LogP contribution in [-0.4, -0.2) is 11.3 Å². The Morgan fingerprint density at radius 2 is 2.07 bits per heavy atom. The number of benzene rings is 1. The third-order valence-corrected chi connectivity index (χ3v) is 3.52. The van der Waals surface area contributed by atoms with E-state index in [-0.39, 0.29) is 0 Å². The highest BCUT2D eigenvalue weighted by Gasteiger charge is 1.99. The summed E-state index contributed by atoms with van der Waals surface area (Å²) in [4.78, 5) is 15.7. The van der Waals surface area contributed by atoms with Crippen LogP contribution in [0.5, 0.6) is 0 Å². The highest BCUT2D eigenvalue weighted by atomic mass is 32.2. The highest BCUT2D eigenvalue weighted by molar-refractivity contribution is 8.01. The van der Waals surface area contributed by atoms with E-state index in [1.807, 2.05) is 29.6 Å². The summed E-state index contributed by atoms with van der Waals surface area (Å²) in [5, 5.41) is 1.95. The van der Waals surface area contributed by atoms with Gasteiger partial charge in [0.2, 0.25) is 0 Å². The van der Waals surface area contributed by atoms with Gasteiger partial charge in [-0.05, 0) is 12.1 Å². The lowest BCUT2D eigenvalue weighted by Gasteiger charge is -1.96. The van der Waals surface area contributed by atoms with Crippen molar-refractivity contribution in [3.63, 3.8) is 0 Å². The van der Waals surface area contributed by atoms with E-state index in [0.717, 1.165) is 15.5 Å². The molecule has 70 valence electrons. The van der Waals surface area contributed by atoms with Crippen molar-refractivity contribution >= 4 is 29.4 Å². The van der Waals surface area contributed by atoms with Gasteiger partial charge in [0.25, 0.3) is 0 Å². The van der Waals surface area contributed by atoms with Crippen molar-refractivity contribution in [3.8, 4) is 0 Å². The van der Waals surface area contributed by atoms with Crippen molar-refractivity contribution in [2.24, 2.45) is 0 Å². The van der Waals surface area contributed by atoms with Crippen molar-refractivity contribution < 1.29 is 4.79 Å². The van der Waals surface area contributed by atoms with E-state index in [9.17, 15) is 4.79 Å². The smallest absolute Gasteiger partial charge is 0.154 e. The van der Waals surface area contributed by atoms with Gasteiger partial charge in [-0.3, -0.25) is 4.79 Å². The van der Waals surface area contributed by atoms with Gasteiger partial charge in [-0.15, -0.1) is 11.3 Å². The molecule has 0 bridgehead atoms. The number of nitrogens with zero attached hydrogens (tertiary/aromatic N) is 1. The number of aldehydes is 1. The Labute approximate surface area is 90.0 Å². The Morgan fingerprint density at radius 3 is 2.64 bits per heavy atom. The highest BCUT2D eigenvalue weighted by Crippen LogP contribution is 2.28. The van der Waals surface area contributed by atoms with E-state index >= 15 is 0 Å². The Hall–Kier alpha value is -1.13. The molecule has 0 atom stereocenters. The minimum absolute atomic E-state index is 0.702. The molecule has 0 unspecified atom stereocenters. The second-order valence-corrected chi connectivity index (χ2v) is 4.80. The van der Waals surface area contributed by atoms with Gasteiger partial charge >= 0.3 is 0 Å². The van der Waals surface area contributed by atoms with Crippen molar-refractivity contribution in [1.29, 1.82) is 0 Å².